The van der Waals surface area contributed by atoms with Crippen LogP contribution in [0.2, 0.25) is 10.2 Å². The van der Waals surface area contributed by atoms with Gasteiger partial charge in [-0.05, 0) is 92.8 Å². The summed E-state index contributed by atoms with van der Waals surface area (Å²) in [6.07, 6.45) is 1.30. The third-order valence-corrected chi connectivity index (χ3v) is 5.46. The molecule has 2 aromatic carbocycles. The van der Waals surface area contributed by atoms with Crippen molar-refractivity contribution in [3.8, 4) is 0 Å². The number of rotatable bonds is 3. The van der Waals surface area contributed by atoms with E-state index in [1.54, 1.807) is 0 Å². The van der Waals surface area contributed by atoms with E-state index in [0.29, 0.717) is 0 Å². The Hall–Kier alpha value is -2.56. The average molecular weight is 445 g/mol. The molecule has 0 unspecified atom stereocenters. The van der Waals surface area contributed by atoms with Crippen LogP contribution in [0.25, 0.3) is 0 Å². The summed E-state index contributed by atoms with van der Waals surface area (Å²) in [5, 5.41) is 3.92. The second kappa shape index (κ2) is 10.5. The fourth-order valence-electron chi connectivity index (χ4n) is 2.77. The number of halogens is 2. The van der Waals surface area contributed by atoms with Crippen molar-refractivity contribution < 1.29 is 9.53 Å². The minimum atomic E-state index is -0.524. The molecular weight excluding hydrogens is 419 g/mol. The lowest BCUT2D eigenvalue weighted by atomic mass is 10.0. The Bertz CT molecular complexity index is 1040. The van der Waals surface area contributed by atoms with Gasteiger partial charge in [-0.3, -0.25) is 0 Å². The minimum Gasteiger partial charge on any atom is -0.465 e. The van der Waals surface area contributed by atoms with Gasteiger partial charge < -0.3 is 10.1 Å². The Morgan fingerprint density at radius 2 is 1.47 bits per heavy atom. The highest BCUT2D eigenvalue weighted by atomic mass is 35.5. The molecule has 6 heteroatoms. The molecule has 1 aromatic heterocycles. The van der Waals surface area contributed by atoms with Crippen molar-refractivity contribution in [3.63, 3.8) is 0 Å². The van der Waals surface area contributed by atoms with Crippen molar-refractivity contribution in [3.05, 3.63) is 86.2 Å². The summed E-state index contributed by atoms with van der Waals surface area (Å²) >= 11 is 11.2. The molecule has 0 aliphatic carbocycles. The Morgan fingerprint density at radius 1 is 0.867 bits per heavy atom. The molecule has 30 heavy (non-hydrogen) atoms. The van der Waals surface area contributed by atoms with Crippen LogP contribution in [0.3, 0.4) is 0 Å². The van der Waals surface area contributed by atoms with E-state index < -0.39 is 5.97 Å². The lowest BCUT2D eigenvalue weighted by molar-refractivity contribution is 0.0601. The van der Waals surface area contributed by atoms with Crippen LogP contribution in [0.1, 0.15) is 38.2 Å². The Labute approximate surface area is 188 Å². The molecular formula is C24H26Cl2N2O2. The van der Waals surface area contributed by atoms with Crippen LogP contribution in [-0.2, 0) is 4.74 Å². The average Bonchev–Trinajstić information content (AvgIpc) is 2.70. The van der Waals surface area contributed by atoms with Crippen LogP contribution in [0.4, 0.5) is 11.4 Å². The van der Waals surface area contributed by atoms with E-state index in [2.05, 4.69) is 80.0 Å². The number of benzene rings is 2. The van der Waals surface area contributed by atoms with Gasteiger partial charge in [0, 0.05) is 17.6 Å². The van der Waals surface area contributed by atoms with E-state index in [0.717, 1.165) is 5.69 Å². The Balaban J connectivity index is 0.000000232. The summed E-state index contributed by atoms with van der Waals surface area (Å²) in [5.74, 6) is -0.524. The first-order chi connectivity index (χ1) is 14.1. The monoisotopic (exact) mass is 444 g/mol. The smallest absolute Gasteiger partial charge is 0.339 e. The van der Waals surface area contributed by atoms with Crippen molar-refractivity contribution in [2.75, 3.05) is 12.4 Å². The van der Waals surface area contributed by atoms with E-state index in [-0.39, 0.29) is 15.7 Å². The van der Waals surface area contributed by atoms with Gasteiger partial charge >= 0.3 is 5.97 Å². The quantitative estimate of drug-likeness (QED) is 0.344. The van der Waals surface area contributed by atoms with Crippen molar-refractivity contribution in [2.24, 2.45) is 0 Å². The van der Waals surface area contributed by atoms with Gasteiger partial charge in [0.25, 0.3) is 0 Å². The fraction of sp³-hybridized carbons (Fsp3) is 0.250. The van der Waals surface area contributed by atoms with Crippen LogP contribution >= 0.6 is 23.2 Å². The van der Waals surface area contributed by atoms with Crippen molar-refractivity contribution >= 4 is 40.5 Å². The van der Waals surface area contributed by atoms with Crippen LogP contribution in [0.15, 0.2) is 42.6 Å². The summed E-state index contributed by atoms with van der Waals surface area (Å²) in [6, 6.07) is 12.3. The van der Waals surface area contributed by atoms with Crippen molar-refractivity contribution in [2.45, 2.75) is 34.6 Å². The van der Waals surface area contributed by atoms with Gasteiger partial charge in [-0.15, -0.1) is 0 Å². The first kappa shape index (κ1) is 23.7. The predicted octanol–water partition coefficient (Wildman–Crippen LogP) is 7.15. The summed E-state index contributed by atoms with van der Waals surface area (Å²) in [7, 11) is 1.27. The van der Waals surface area contributed by atoms with Crippen LogP contribution in [0, 0.1) is 34.6 Å². The van der Waals surface area contributed by atoms with E-state index in [9.17, 15) is 4.79 Å². The zero-order valence-corrected chi connectivity index (χ0v) is 19.6. The highest BCUT2D eigenvalue weighted by Crippen LogP contribution is 2.24. The van der Waals surface area contributed by atoms with E-state index in [1.165, 1.54) is 52.9 Å². The lowest BCUT2D eigenvalue weighted by Gasteiger charge is -2.12. The third kappa shape index (κ3) is 6.22. The van der Waals surface area contributed by atoms with Gasteiger partial charge in [0.1, 0.15) is 5.15 Å². The molecule has 0 atom stereocenters. The van der Waals surface area contributed by atoms with E-state index in [1.807, 2.05) is 0 Å². The van der Waals surface area contributed by atoms with Gasteiger partial charge in [0.15, 0.2) is 0 Å². The maximum absolute atomic E-state index is 11.0. The number of carbonyl (C=O) groups excluding carboxylic acids is 1. The van der Waals surface area contributed by atoms with E-state index >= 15 is 0 Å². The molecule has 3 rings (SSSR count). The zero-order valence-electron chi connectivity index (χ0n) is 18.1. The first-order valence-electron chi connectivity index (χ1n) is 9.44. The Kier molecular flexibility index (Phi) is 8.27. The minimum absolute atomic E-state index is 0.208. The summed E-state index contributed by atoms with van der Waals surface area (Å²) < 4.78 is 4.46. The van der Waals surface area contributed by atoms with Gasteiger partial charge in [-0.25, -0.2) is 9.78 Å². The maximum atomic E-state index is 11.0. The number of hydrogen-bond acceptors (Lipinski definition) is 4. The molecule has 158 valence electrons. The molecule has 0 bridgehead atoms. The molecule has 4 nitrogen and oxygen atoms in total. The first-order valence-corrected chi connectivity index (χ1v) is 10.2. The number of carbonyl (C=O) groups is 1. The number of methoxy groups -OCH3 is 1. The second-order valence-corrected chi connectivity index (χ2v) is 7.93. The van der Waals surface area contributed by atoms with Crippen LogP contribution < -0.4 is 5.32 Å². The Morgan fingerprint density at radius 3 is 2.03 bits per heavy atom. The molecule has 1 heterocycles. The number of aryl methyl sites for hydroxylation is 4. The second-order valence-electron chi connectivity index (χ2n) is 7.14. The molecule has 0 aliphatic heterocycles. The number of anilines is 2. The van der Waals surface area contributed by atoms with Crippen molar-refractivity contribution in [1.29, 1.82) is 0 Å². The molecule has 0 amide bonds. The number of ether oxygens (including phenoxy) is 1. The molecule has 0 spiro atoms. The summed E-state index contributed by atoms with van der Waals surface area (Å²) in [6.45, 7) is 10.8. The molecule has 1 N–H and O–H groups in total. The van der Waals surface area contributed by atoms with Gasteiger partial charge in [0.05, 0.1) is 17.7 Å². The maximum Gasteiger partial charge on any atom is 0.339 e. The van der Waals surface area contributed by atoms with E-state index in [4.69, 9.17) is 23.2 Å². The molecule has 0 saturated heterocycles. The molecule has 0 aliphatic rings. The topological polar surface area (TPSA) is 51.2 Å². The summed E-state index contributed by atoms with van der Waals surface area (Å²) in [5.41, 5.74) is 9.24. The van der Waals surface area contributed by atoms with Crippen molar-refractivity contribution in [1.82, 2.24) is 4.98 Å². The predicted molar refractivity (Wildman–Crippen MR) is 125 cm³/mol. The third-order valence-electron chi connectivity index (χ3n) is 4.95. The molecule has 0 radical (unpaired) electrons. The van der Waals surface area contributed by atoms with Crippen LogP contribution in [0.5, 0.6) is 0 Å². The number of aromatic nitrogens is 1. The molecule has 0 fully saturated rings. The number of hydrogen-bond donors (Lipinski definition) is 1. The summed E-state index contributed by atoms with van der Waals surface area (Å²) in [4.78, 5) is 14.7. The highest BCUT2D eigenvalue weighted by Gasteiger charge is 2.11. The highest BCUT2D eigenvalue weighted by molar-refractivity contribution is 6.34. The standard InChI is InChI=1S/C17H21N.C7H5Cl2NO2/c1-11-6-7-16(8-12(11)2)18-17-9-13(3)15(5)14(4)10-17;1-12-7(11)4-2-6(9)10-3-5(4)8/h6-10,18H,1-5H3;2-3H,1H3. The van der Waals surface area contributed by atoms with Crippen LogP contribution in [-0.4, -0.2) is 18.1 Å². The number of pyridine rings is 1. The SMILES string of the molecule is COC(=O)c1cc(Cl)ncc1Cl.Cc1ccc(Nc2cc(C)c(C)c(C)c2)cc1C. The number of esters is 1. The van der Waals surface area contributed by atoms with Gasteiger partial charge in [-0.2, -0.15) is 0 Å². The number of nitrogens with one attached hydrogen (secondary N) is 1. The van der Waals surface area contributed by atoms with Gasteiger partial charge in [0.2, 0.25) is 0 Å². The lowest BCUT2D eigenvalue weighted by Crippen LogP contribution is -2.02. The zero-order chi connectivity index (χ0) is 22.4. The normalized spacial score (nSPS) is 10.1. The fourth-order valence-corrected chi connectivity index (χ4v) is 3.11. The number of nitrogens with zero attached hydrogens (tertiary/aromatic N) is 1. The largest absolute Gasteiger partial charge is 0.465 e. The van der Waals surface area contributed by atoms with Gasteiger partial charge in [-0.1, -0.05) is 29.3 Å². The molecule has 3 aromatic rings. The molecule has 0 saturated carbocycles.